The van der Waals surface area contributed by atoms with E-state index in [0.717, 1.165) is 67.7 Å². The van der Waals surface area contributed by atoms with Crippen LogP contribution in [0.1, 0.15) is 37.6 Å². The largest absolute Gasteiger partial charge is 0.399 e. The Balaban J connectivity index is 2.13. The van der Waals surface area contributed by atoms with Crippen LogP contribution in [0.25, 0.3) is 29.1 Å². The summed E-state index contributed by atoms with van der Waals surface area (Å²) < 4.78 is 14.8. The molecule has 0 saturated carbocycles. The summed E-state index contributed by atoms with van der Waals surface area (Å²) in [5, 5.41) is 12.9. The minimum Gasteiger partial charge on any atom is -0.399 e. The number of hydrogen-bond acceptors (Lipinski definition) is 4. The summed E-state index contributed by atoms with van der Waals surface area (Å²) in [6, 6.07) is 7.15. The lowest BCUT2D eigenvalue weighted by Crippen LogP contribution is -2.23. The monoisotopic (exact) mass is 566 g/mol. The Labute approximate surface area is 248 Å². The highest BCUT2D eigenvalue weighted by atomic mass is 19.1. The SMILES string of the molecule is C=C/C(N)=C\C(=C/C)C(=C)/C=c1/c(-c2cc(/C(=C\C=C/C)c3cc(F)cc(NCCN(C)C)c3)c(C)[nH]2)n[nH]/c1=C/C. The number of nitrogens with zero attached hydrogens (tertiary/aromatic N) is 2. The number of nitrogens with two attached hydrogens (primary N) is 1. The third-order valence-corrected chi connectivity index (χ3v) is 6.79. The number of nitrogens with one attached hydrogen (secondary N) is 3. The Kier molecular flexibility index (Phi) is 11.3. The van der Waals surface area contributed by atoms with E-state index in [0.29, 0.717) is 12.2 Å². The van der Waals surface area contributed by atoms with Crippen LogP contribution in [0.3, 0.4) is 0 Å². The van der Waals surface area contributed by atoms with Crippen molar-refractivity contribution in [1.29, 1.82) is 0 Å². The standard InChI is InChI=1S/C35H43FN6/c1-9-13-14-30(26-18-27(36)21-29(20-26)38-15-16-42(7)8)31-22-34(39-24(31)6)35-32(33(12-4)40-41-35)17-23(5)25(10-2)19-28(37)11-3/h9-14,17-22,38-40H,3,5,15-16,37H2,1-2,4,6-8H3/b13-9-,25-10+,28-19+,30-14-,32-17+,33-12+. The molecule has 0 aliphatic rings. The average molecular weight is 567 g/mol. The van der Waals surface area contributed by atoms with Gasteiger partial charge in [-0.05, 0) is 107 Å². The van der Waals surface area contributed by atoms with Crippen molar-refractivity contribution in [3.63, 3.8) is 0 Å². The Morgan fingerprint density at radius 2 is 1.93 bits per heavy atom. The van der Waals surface area contributed by atoms with Gasteiger partial charge in [-0.15, -0.1) is 0 Å². The van der Waals surface area contributed by atoms with Gasteiger partial charge >= 0.3 is 0 Å². The maximum absolute atomic E-state index is 14.8. The number of aryl methyl sites for hydroxylation is 1. The van der Waals surface area contributed by atoms with Crippen LogP contribution in [0, 0.1) is 12.7 Å². The molecule has 0 unspecified atom stereocenters. The van der Waals surface area contributed by atoms with E-state index in [2.05, 4.69) is 44.6 Å². The molecule has 0 atom stereocenters. The fourth-order valence-electron chi connectivity index (χ4n) is 4.56. The number of aromatic amines is 2. The Morgan fingerprint density at radius 3 is 2.57 bits per heavy atom. The lowest BCUT2D eigenvalue weighted by molar-refractivity contribution is 0.425. The number of H-pyrrole nitrogens is 2. The third kappa shape index (κ3) is 7.98. The van der Waals surface area contributed by atoms with E-state index in [1.807, 2.05) is 90.4 Å². The summed E-state index contributed by atoms with van der Waals surface area (Å²) in [5.74, 6) is -0.295. The third-order valence-electron chi connectivity index (χ3n) is 6.79. The van der Waals surface area contributed by atoms with Gasteiger partial charge in [0.1, 0.15) is 11.5 Å². The van der Waals surface area contributed by atoms with Crippen molar-refractivity contribution in [2.45, 2.75) is 27.7 Å². The number of likely N-dealkylation sites (N-methyl/N-ethyl adjacent to an activating group) is 1. The van der Waals surface area contributed by atoms with Crippen LogP contribution in [-0.4, -0.2) is 47.3 Å². The van der Waals surface area contributed by atoms with Gasteiger partial charge in [0.25, 0.3) is 0 Å². The average Bonchev–Trinajstić information content (AvgIpc) is 3.53. The van der Waals surface area contributed by atoms with E-state index in [-0.39, 0.29) is 5.82 Å². The summed E-state index contributed by atoms with van der Waals surface area (Å²) >= 11 is 0. The first-order chi connectivity index (χ1) is 20.1. The molecule has 2 heterocycles. The van der Waals surface area contributed by atoms with Crippen LogP contribution in [0.2, 0.25) is 0 Å². The summed E-state index contributed by atoms with van der Waals surface area (Å²) in [5.41, 5.74) is 14.2. The van der Waals surface area contributed by atoms with Crippen molar-refractivity contribution in [3.05, 3.63) is 124 Å². The molecule has 42 heavy (non-hydrogen) atoms. The first-order valence-corrected chi connectivity index (χ1v) is 14.0. The van der Waals surface area contributed by atoms with Gasteiger partial charge in [0.05, 0.1) is 11.0 Å². The number of allylic oxidation sites excluding steroid dienone is 8. The Bertz CT molecular complexity index is 1670. The van der Waals surface area contributed by atoms with E-state index in [1.165, 1.54) is 6.07 Å². The maximum atomic E-state index is 14.8. The van der Waals surface area contributed by atoms with E-state index in [9.17, 15) is 4.39 Å². The zero-order valence-corrected chi connectivity index (χ0v) is 25.6. The minimum atomic E-state index is -0.295. The molecule has 5 N–H and O–H groups in total. The number of anilines is 1. The van der Waals surface area contributed by atoms with Gasteiger partial charge in [-0.2, -0.15) is 5.10 Å². The first kappa shape index (κ1) is 31.9. The minimum absolute atomic E-state index is 0.295. The summed E-state index contributed by atoms with van der Waals surface area (Å²) in [4.78, 5) is 5.60. The van der Waals surface area contributed by atoms with Crippen LogP contribution < -0.4 is 21.6 Å². The van der Waals surface area contributed by atoms with Crippen molar-refractivity contribution >= 4 is 23.4 Å². The predicted molar refractivity (Wildman–Crippen MR) is 178 cm³/mol. The molecule has 1 aromatic carbocycles. The highest BCUT2D eigenvalue weighted by molar-refractivity contribution is 5.85. The smallest absolute Gasteiger partial charge is 0.125 e. The Morgan fingerprint density at radius 1 is 1.17 bits per heavy atom. The van der Waals surface area contributed by atoms with Gasteiger partial charge in [0.15, 0.2) is 0 Å². The second-order valence-electron chi connectivity index (χ2n) is 10.2. The molecule has 0 aliphatic heterocycles. The number of halogens is 1. The zero-order chi connectivity index (χ0) is 30.8. The summed E-state index contributed by atoms with van der Waals surface area (Å²) in [7, 11) is 4.02. The summed E-state index contributed by atoms with van der Waals surface area (Å²) in [6.07, 6.45) is 15.3. The highest BCUT2D eigenvalue weighted by Gasteiger charge is 2.16. The van der Waals surface area contributed by atoms with E-state index in [1.54, 1.807) is 12.1 Å². The molecule has 0 saturated heterocycles. The molecular formula is C35H43FN6. The molecule has 6 nitrogen and oxygen atoms in total. The molecule has 0 aliphatic carbocycles. The van der Waals surface area contributed by atoms with Gasteiger partial charge in [-0.3, -0.25) is 5.10 Å². The Hall–Kier alpha value is -4.62. The predicted octanol–water partition coefficient (Wildman–Crippen LogP) is 5.95. The molecule has 0 amide bonds. The number of benzene rings is 1. The van der Waals surface area contributed by atoms with Crippen LogP contribution in [-0.2, 0) is 0 Å². The van der Waals surface area contributed by atoms with E-state index >= 15 is 0 Å². The van der Waals surface area contributed by atoms with Gasteiger partial charge in [-0.25, -0.2) is 4.39 Å². The van der Waals surface area contributed by atoms with Crippen LogP contribution in [0.5, 0.6) is 0 Å². The molecule has 0 fully saturated rings. The lowest BCUT2D eigenvalue weighted by Gasteiger charge is -2.14. The van der Waals surface area contributed by atoms with Crippen LogP contribution >= 0.6 is 0 Å². The molecule has 220 valence electrons. The molecule has 2 aromatic heterocycles. The van der Waals surface area contributed by atoms with Gasteiger partial charge < -0.3 is 20.9 Å². The van der Waals surface area contributed by atoms with E-state index in [4.69, 9.17) is 5.73 Å². The fraction of sp³-hybridized carbons (Fsp3) is 0.229. The topological polar surface area (TPSA) is 85.8 Å². The van der Waals surface area contributed by atoms with Crippen LogP contribution in [0.4, 0.5) is 10.1 Å². The quantitative estimate of drug-likeness (QED) is 0.204. The molecule has 3 aromatic rings. The molecule has 3 rings (SSSR count). The van der Waals surface area contributed by atoms with Gasteiger partial charge in [-0.1, -0.05) is 43.5 Å². The van der Waals surface area contributed by atoms with Gasteiger partial charge in [0, 0.05) is 40.9 Å². The van der Waals surface area contributed by atoms with Crippen molar-refractivity contribution < 1.29 is 4.39 Å². The second kappa shape index (κ2) is 14.8. The molecular weight excluding hydrogens is 523 g/mol. The van der Waals surface area contributed by atoms with Crippen molar-refractivity contribution in [2.75, 3.05) is 32.5 Å². The van der Waals surface area contributed by atoms with E-state index < -0.39 is 0 Å². The van der Waals surface area contributed by atoms with Gasteiger partial charge in [0.2, 0.25) is 0 Å². The fourth-order valence-corrected chi connectivity index (χ4v) is 4.56. The molecule has 0 bridgehead atoms. The normalized spacial score (nSPS) is 14.0. The van der Waals surface area contributed by atoms with Crippen molar-refractivity contribution in [3.8, 4) is 11.4 Å². The molecule has 0 radical (unpaired) electrons. The first-order valence-electron chi connectivity index (χ1n) is 14.0. The highest BCUT2D eigenvalue weighted by Crippen LogP contribution is 2.31. The van der Waals surface area contributed by atoms with Crippen molar-refractivity contribution in [2.24, 2.45) is 5.73 Å². The second-order valence-corrected chi connectivity index (χ2v) is 10.2. The molecule has 0 spiro atoms. The number of rotatable bonds is 12. The van der Waals surface area contributed by atoms with Crippen molar-refractivity contribution in [1.82, 2.24) is 20.1 Å². The number of hydrogen-bond donors (Lipinski definition) is 4. The number of aromatic nitrogens is 3. The molecule has 7 heteroatoms. The van der Waals surface area contributed by atoms with Crippen LogP contribution in [0.15, 0.2) is 90.7 Å². The summed E-state index contributed by atoms with van der Waals surface area (Å²) in [6.45, 7) is 17.5. The zero-order valence-electron chi connectivity index (χ0n) is 25.6. The lowest BCUT2D eigenvalue weighted by atomic mass is 9.96. The maximum Gasteiger partial charge on any atom is 0.125 e.